The number of amides is 3. The van der Waals surface area contributed by atoms with Crippen molar-refractivity contribution in [3.8, 4) is 0 Å². The molecule has 2 rings (SSSR count). The van der Waals surface area contributed by atoms with Crippen molar-refractivity contribution in [1.29, 1.82) is 0 Å². The van der Waals surface area contributed by atoms with Crippen molar-refractivity contribution in [3.05, 3.63) is 0 Å². The Bertz CT molecular complexity index is 332. The van der Waals surface area contributed by atoms with Crippen LogP contribution in [0.25, 0.3) is 0 Å². The summed E-state index contributed by atoms with van der Waals surface area (Å²) in [4.78, 5) is 24.9. The molecule has 0 aromatic rings. The van der Waals surface area contributed by atoms with Crippen LogP contribution in [0.1, 0.15) is 39.5 Å². The molecule has 0 aromatic heterocycles. The summed E-state index contributed by atoms with van der Waals surface area (Å²) in [6.45, 7) is 5.15. The maximum Gasteiger partial charge on any atom is 0.324 e. The second kappa shape index (κ2) is 5.69. The Morgan fingerprint density at radius 3 is 2.78 bits per heavy atom. The van der Waals surface area contributed by atoms with Crippen LogP contribution in [0.5, 0.6) is 0 Å². The zero-order valence-electron chi connectivity index (χ0n) is 11.2. The third-order valence-corrected chi connectivity index (χ3v) is 4.07. The molecular formula is C13H23N3O2. The van der Waals surface area contributed by atoms with Crippen molar-refractivity contribution < 1.29 is 9.59 Å². The molecular weight excluding hydrogens is 230 g/mol. The van der Waals surface area contributed by atoms with Crippen LogP contribution in [-0.4, -0.2) is 42.0 Å². The van der Waals surface area contributed by atoms with E-state index >= 15 is 0 Å². The number of carbonyl (C=O) groups excluding carboxylic acids is 2. The molecule has 1 aliphatic carbocycles. The van der Waals surface area contributed by atoms with Crippen molar-refractivity contribution >= 4 is 11.9 Å². The molecule has 0 spiro atoms. The Morgan fingerprint density at radius 2 is 2.17 bits per heavy atom. The van der Waals surface area contributed by atoms with Crippen LogP contribution in [0.15, 0.2) is 0 Å². The molecule has 102 valence electrons. The van der Waals surface area contributed by atoms with Crippen molar-refractivity contribution in [3.63, 3.8) is 0 Å². The molecule has 5 heteroatoms. The van der Waals surface area contributed by atoms with E-state index in [9.17, 15) is 9.59 Å². The fraction of sp³-hybridized carbons (Fsp3) is 0.846. The van der Waals surface area contributed by atoms with Gasteiger partial charge < -0.3 is 10.6 Å². The van der Waals surface area contributed by atoms with Crippen molar-refractivity contribution in [2.75, 3.05) is 13.1 Å². The lowest BCUT2D eigenvalue weighted by molar-refractivity contribution is -0.129. The number of nitrogens with one attached hydrogen (secondary N) is 2. The predicted molar refractivity (Wildman–Crippen MR) is 69.1 cm³/mol. The second-order valence-electron chi connectivity index (χ2n) is 5.48. The Morgan fingerprint density at radius 1 is 1.44 bits per heavy atom. The molecule has 3 atom stereocenters. The second-order valence-corrected chi connectivity index (χ2v) is 5.48. The summed E-state index contributed by atoms with van der Waals surface area (Å²) in [5.41, 5.74) is 0. The zero-order chi connectivity index (χ0) is 13.1. The monoisotopic (exact) mass is 253 g/mol. The highest BCUT2D eigenvalue weighted by Crippen LogP contribution is 2.24. The van der Waals surface area contributed by atoms with Gasteiger partial charge >= 0.3 is 6.03 Å². The van der Waals surface area contributed by atoms with Gasteiger partial charge in [-0.05, 0) is 25.7 Å². The van der Waals surface area contributed by atoms with E-state index in [-0.39, 0.29) is 18.0 Å². The molecule has 3 amide bonds. The molecule has 0 radical (unpaired) electrons. The first-order valence-electron chi connectivity index (χ1n) is 6.95. The SMILES string of the molecule is C[C@H](N[C@H]1CCCC[C@@H]1C)C(=O)N1CCNC1=O. The van der Waals surface area contributed by atoms with Crippen molar-refractivity contribution in [2.45, 2.75) is 51.6 Å². The first-order valence-corrected chi connectivity index (χ1v) is 6.95. The molecule has 2 fully saturated rings. The van der Waals surface area contributed by atoms with E-state index in [0.29, 0.717) is 25.0 Å². The van der Waals surface area contributed by atoms with Gasteiger partial charge in [0, 0.05) is 19.1 Å². The maximum atomic E-state index is 12.1. The lowest BCUT2D eigenvalue weighted by atomic mass is 9.85. The summed E-state index contributed by atoms with van der Waals surface area (Å²) in [7, 11) is 0. The van der Waals surface area contributed by atoms with E-state index in [1.165, 1.54) is 24.2 Å². The third-order valence-electron chi connectivity index (χ3n) is 4.07. The minimum atomic E-state index is -0.278. The van der Waals surface area contributed by atoms with Crippen LogP contribution < -0.4 is 10.6 Å². The van der Waals surface area contributed by atoms with Crippen LogP contribution in [0.4, 0.5) is 4.79 Å². The number of hydrogen-bond acceptors (Lipinski definition) is 3. The quantitative estimate of drug-likeness (QED) is 0.791. The highest BCUT2D eigenvalue weighted by atomic mass is 16.2. The van der Waals surface area contributed by atoms with E-state index in [4.69, 9.17) is 0 Å². The van der Waals surface area contributed by atoms with Crippen LogP contribution in [0.2, 0.25) is 0 Å². The molecule has 18 heavy (non-hydrogen) atoms. The Balaban J connectivity index is 1.88. The lowest BCUT2D eigenvalue weighted by Crippen LogP contribution is -2.51. The Hall–Kier alpha value is -1.10. The fourth-order valence-electron chi connectivity index (χ4n) is 2.87. The average molecular weight is 253 g/mol. The summed E-state index contributed by atoms with van der Waals surface area (Å²) in [6.07, 6.45) is 4.87. The normalized spacial score (nSPS) is 30.1. The van der Waals surface area contributed by atoms with E-state index in [0.717, 1.165) is 6.42 Å². The van der Waals surface area contributed by atoms with Gasteiger partial charge in [-0.2, -0.15) is 0 Å². The van der Waals surface area contributed by atoms with Gasteiger partial charge in [0.2, 0.25) is 5.91 Å². The van der Waals surface area contributed by atoms with E-state index in [1.54, 1.807) is 0 Å². The van der Waals surface area contributed by atoms with Crippen LogP contribution in [0, 0.1) is 5.92 Å². The smallest absolute Gasteiger partial charge is 0.324 e. The van der Waals surface area contributed by atoms with Crippen LogP contribution >= 0.6 is 0 Å². The van der Waals surface area contributed by atoms with Gasteiger partial charge in [0.15, 0.2) is 0 Å². The van der Waals surface area contributed by atoms with Gasteiger partial charge in [0.25, 0.3) is 0 Å². The first-order chi connectivity index (χ1) is 8.59. The van der Waals surface area contributed by atoms with E-state index in [1.807, 2.05) is 6.92 Å². The summed E-state index contributed by atoms with van der Waals surface area (Å²) in [5.74, 6) is 0.504. The number of imide groups is 1. The van der Waals surface area contributed by atoms with Gasteiger partial charge in [-0.15, -0.1) is 0 Å². The number of carbonyl (C=O) groups is 2. The number of nitrogens with zero attached hydrogens (tertiary/aromatic N) is 1. The zero-order valence-corrected chi connectivity index (χ0v) is 11.2. The minimum absolute atomic E-state index is 0.109. The van der Waals surface area contributed by atoms with Gasteiger partial charge in [-0.25, -0.2) is 4.79 Å². The Labute approximate surface area is 108 Å². The van der Waals surface area contributed by atoms with Gasteiger partial charge in [0.1, 0.15) is 0 Å². The standard InChI is InChI=1S/C13H23N3O2/c1-9-5-3-4-6-11(9)15-10(2)12(17)16-8-7-14-13(16)18/h9-11,15H,3-8H2,1-2H3,(H,14,18)/t9-,10-,11-/m0/s1. The number of urea groups is 1. The van der Waals surface area contributed by atoms with Gasteiger partial charge in [-0.3, -0.25) is 9.69 Å². The summed E-state index contributed by atoms with van der Waals surface area (Å²) in [6, 6.07) is -0.131. The topological polar surface area (TPSA) is 61.4 Å². The summed E-state index contributed by atoms with van der Waals surface area (Å²) >= 11 is 0. The molecule has 0 bridgehead atoms. The minimum Gasteiger partial charge on any atom is -0.336 e. The third kappa shape index (κ3) is 2.83. The molecule has 5 nitrogen and oxygen atoms in total. The van der Waals surface area contributed by atoms with E-state index in [2.05, 4.69) is 17.6 Å². The summed E-state index contributed by atoms with van der Waals surface area (Å²) in [5, 5.41) is 6.05. The Kier molecular flexibility index (Phi) is 4.22. The van der Waals surface area contributed by atoms with Gasteiger partial charge in [-0.1, -0.05) is 19.8 Å². The highest BCUT2D eigenvalue weighted by Gasteiger charge is 2.31. The summed E-state index contributed by atoms with van der Waals surface area (Å²) < 4.78 is 0. The maximum absolute atomic E-state index is 12.1. The first kappa shape index (κ1) is 13.3. The number of hydrogen-bond donors (Lipinski definition) is 2. The molecule has 2 N–H and O–H groups in total. The molecule has 0 unspecified atom stereocenters. The predicted octanol–water partition coefficient (Wildman–Crippen LogP) is 1.09. The van der Waals surface area contributed by atoms with E-state index < -0.39 is 0 Å². The lowest BCUT2D eigenvalue weighted by Gasteiger charge is -2.32. The molecule has 1 heterocycles. The fourth-order valence-corrected chi connectivity index (χ4v) is 2.87. The average Bonchev–Trinajstić information content (AvgIpc) is 2.77. The van der Waals surface area contributed by atoms with Crippen molar-refractivity contribution in [1.82, 2.24) is 15.5 Å². The van der Waals surface area contributed by atoms with Crippen molar-refractivity contribution in [2.24, 2.45) is 5.92 Å². The molecule has 1 saturated carbocycles. The highest BCUT2D eigenvalue weighted by molar-refractivity contribution is 5.98. The molecule has 0 aromatic carbocycles. The van der Waals surface area contributed by atoms with Crippen LogP contribution in [0.3, 0.4) is 0 Å². The number of rotatable bonds is 3. The molecule has 1 aliphatic heterocycles. The molecule has 2 aliphatic rings. The van der Waals surface area contributed by atoms with Crippen LogP contribution in [-0.2, 0) is 4.79 Å². The van der Waals surface area contributed by atoms with Gasteiger partial charge in [0.05, 0.1) is 6.04 Å². The molecule has 1 saturated heterocycles. The largest absolute Gasteiger partial charge is 0.336 e.